The first kappa shape index (κ1) is 15.2. The van der Waals surface area contributed by atoms with Gasteiger partial charge in [0.25, 0.3) is 0 Å². The van der Waals surface area contributed by atoms with Crippen molar-refractivity contribution in [3.63, 3.8) is 0 Å². The largest absolute Gasteiger partial charge is 0.229 e. The van der Waals surface area contributed by atoms with Crippen molar-refractivity contribution < 1.29 is 8.42 Å². The van der Waals surface area contributed by atoms with Gasteiger partial charge >= 0.3 is 0 Å². The molecule has 15 heavy (non-hydrogen) atoms. The highest BCUT2D eigenvalue weighted by molar-refractivity contribution is 9.10. The van der Waals surface area contributed by atoms with Crippen molar-refractivity contribution in [2.75, 3.05) is 6.26 Å². The molecule has 2 nitrogen and oxygen atoms in total. The van der Waals surface area contributed by atoms with Crippen LogP contribution >= 0.6 is 38.2 Å². The molecule has 86 valence electrons. The molecule has 0 heterocycles. The summed E-state index contributed by atoms with van der Waals surface area (Å²) in [6.07, 6.45) is 0.925. The van der Waals surface area contributed by atoms with Crippen LogP contribution in [0.5, 0.6) is 0 Å². The molecule has 0 aliphatic heterocycles. The zero-order valence-corrected chi connectivity index (χ0v) is 12.2. The van der Waals surface area contributed by atoms with Crippen molar-refractivity contribution in [2.45, 2.75) is 12.8 Å². The second-order valence-corrected chi connectivity index (χ2v) is 7.11. The van der Waals surface area contributed by atoms with Crippen LogP contribution in [0.15, 0.2) is 22.7 Å². The molecule has 0 bridgehead atoms. The summed E-state index contributed by atoms with van der Waals surface area (Å²) < 4.78 is 19.9. The van der Waals surface area contributed by atoms with E-state index in [-0.39, 0.29) is 0 Å². The summed E-state index contributed by atoms with van der Waals surface area (Å²) in [7, 11) is 1.31. The van der Waals surface area contributed by atoms with Gasteiger partial charge in [0.15, 0.2) is 0 Å². The molecule has 1 rings (SSSR count). The first-order valence-electron chi connectivity index (χ1n) is 3.94. The molecule has 0 saturated carbocycles. The van der Waals surface area contributed by atoms with E-state index in [0.29, 0.717) is 5.88 Å². The van der Waals surface area contributed by atoms with E-state index in [9.17, 15) is 8.42 Å². The summed E-state index contributed by atoms with van der Waals surface area (Å²) in [6, 6.07) is 6.11. The van der Waals surface area contributed by atoms with Gasteiger partial charge in [-0.3, -0.25) is 0 Å². The Hall–Kier alpha value is 0.230. The Morgan fingerprint density at radius 1 is 1.40 bits per heavy atom. The number of benzene rings is 1. The fraction of sp³-hybridized carbons (Fsp3) is 0.333. The predicted molar refractivity (Wildman–Crippen MR) is 69.1 cm³/mol. The van der Waals surface area contributed by atoms with Crippen molar-refractivity contribution in [1.29, 1.82) is 0 Å². The lowest BCUT2D eigenvalue weighted by atomic mass is 10.1. The maximum absolute atomic E-state index is 9.40. The van der Waals surface area contributed by atoms with E-state index in [4.69, 9.17) is 11.6 Å². The average Bonchev–Trinajstić information content (AvgIpc) is 2.01. The number of halogens is 3. The minimum absolute atomic E-state index is 0.596. The van der Waals surface area contributed by atoms with Crippen LogP contribution in [0.25, 0.3) is 0 Å². The maximum atomic E-state index is 9.40. The summed E-state index contributed by atoms with van der Waals surface area (Å²) in [5, 5.41) is 0. The minimum atomic E-state index is -3.19. The van der Waals surface area contributed by atoms with E-state index in [1.165, 1.54) is 11.1 Å². The molecule has 6 heteroatoms. The van der Waals surface area contributed by atoms with Crippen molar-refractivity contribution in [3.05, 3.63) is 33.8 Å². The summed E-state index contributed by atoms with van der Waals surface area (Å²) in [5.41, 5.74) is 2.44. The van der Waals surface area contributed by atoms with Crippen LogP contribution in [-0.4, -0.2) is 14.7 Å². The molecule has 0 saturated heterocycles. The Bertz CT molecular complexity index is 410. The molecule has 0 aromatic heterocycles. The molecule has 0 unspecified atom stereocenters. The molecule has 0 radical (unpaired) electrons. The molecule has 0 amide bonds. The molecular weight excluding hydrogens is 323 g/mol. The van der Waals surface area contributed by atoms with Gasteiger partial charge in [0.2, 0.25) is 9.05 Å². The van der Waals surface area contributed by atoms with E-state index < -0.39 is 9.05 Å². The molecule has 0 N–H and O–H groups in total. The predicted octanol–water partition coefficient (Wildman–Crippen LogP) is 3.68. The third-order valence-corrected chi connectivity index (χ3v) is 2.23. The van der Waals surface area contributed by atoms with Crippen molar-refractivity contribution in [3.8, 4) is 0 Å². The first-order valence-corrected chi connectivity index (χ1v) is 7.99. The van der Waals surface area contributed by atoms with E-state index >= 15 is 0 Å². The first-order chi connectivity index (χ1) is 6.74. The number of aryl methyl sites for hydroxylation is 1. The normalized spacial score (nSPS) is 10.5. The lowest BCUT2D eigenvalue weighted by molar-refractivity contribution is 0.615. The monoisotopic (exact) mass is 332 g/mol. The molecule has 0 aliphatic rings. The Morgan fingerprint density at radius 3 is 2.20 bits per heavy atom. The van der Waals surface area contributed by atoms with Gasteiger partial charge in [-0.05, 0) is 30.2 Å². The van der Waals surface area contributed by atoms with Gasteiger partial charge in [-0.1, -0.05) is 22.0 Å². The maximum Gasteiger partial charge on any atom is 0.229 e. The third-order valence-electron chi connectivity index (χ3n) is 1.45. The number of rotatable bonds is 1. The van der Waals surface area contributed by atoms with Crippen LogP contribution in [0.3, 0.4) is 0 Å². The number of hydrogen-bond donors (Lipinski definition) is 0. The lowest BCUT2D eigenvalue weighted by Crippen LogP contribution is -1.82. The van der Waals surface area contributed by atoms with E-state index in [2.05, 4.69) is 39.6 Å². The Kier molecular flexibility index (Phi) is 6.84. The molecule has 0 atom stereocenters. The van der Waals surface area contributed by atoms with Gasteiger partial charge < -0.3 is 0 Å². The molecule has 0 fully saturated rings. The fourth-order valence-corrected chi connectivity index (χ4v) is 1.58. The number of alkyl halides is 1. The van der Waals surface area contributed by atoms with Gasteiger partial charge in [-0.15, -0.1) is 11.6 Å². The van der Waals surface area contributed by atoms with Crippen LogP contribution in [0.2, 0.25) is 0 Å². The van der Waals surface area contributed by atoms with E-state index in [1.54, 1.807) is 0 Å². The van der Waals surface area contributed by atoms with E-state index in [0.717, 1.165) is 10.7 Å². The molecular formula is C9H11BrCl2O2S. The van der Waals surface area contributed by atoms with Gasteiger partial charge in [0.05, 0.1) is 6.26 Å². The zero-order chi connectivity index (χ0) is 12.1. The average molecular weight is 334 g/mol. The summed E-state index contributed by atoms with van der Waals surface area (Å²) in [4.78, 5) is 0. The smallest absolute Gasteiger partial charge is 0.213 e. The third kappa shape index (κ3) is 9.18. The van der Waals surface area contributed by atoms with E-state index in [1.807, 2.05) is 12.1 Å². The summed E-state index contributed by atoms with van der Waals surface area (Å²) in [5.74, 6) is 0.596. The minimum Gasteiger partial charge on any atom is -0.213 e. The van der Waals surface area contributed by atoms with Crippen LogP contribution in [0, 0.1) is 6.92 Å². The van der Waals surface area contributed by atoms with Gasteiger partial charge in [0, 0.05) is 21.0 Å². The second kappa shape index (κ2) is 6.74. The van der Waals surface area contributed by atoms with Crippen molar-refractivity contribution in [2.24, 2.45) is 0 Å². The highest BCUT2D eigenvalue weighted by atomic mass is 79.9. The Morgan fingerprint density at radius 2 is 1.87 bits per heavy atom. The molecule has 1 aromatic rings. The quantitative estimate of drug-likeness (QED) is 0.580. The number of hydrogen-bond acceptors (Lipinski definition) is 2. The SMILES string of the molecule is CS(=O)(=O)Cl.Cc1cc(Br)ccc1CCl. The topological polar surface area (TPSA) is 34.1 Å². The van der Waals surface area contributed by atoms with Gasteiger partial charge in [-0.25, -0.2) is 8.42 Å². The van der Waals surface area contributed by atoms with Crippen molar-refractivity contribution in [1.82, 2.24) is 0 Å². The Labute approximate surface area is 108 Å². The highest BCUT2D eigenvalue weighted by Gasteiger charge is 1.95. The lowest BCUT2D eigenvalue weighted by Gasteiger charge is -2.00. The van der Waals surface area contributed by atoms with Crippen molar-refractivity contribution >= 4 is 47.3 Å². The molecule has 1 aromatic carbocycles. The van der Waals surface area contributed by atoms with Gasteiger partial charge in [0.1, 0.15) is 0 Å². The molecule has 0 spiro atoms. The van der Waals surface area contributed by atoms with Crippen LogP contribution in [0.1, 0.15) is 11.1 Å². The van der Waals surface area contributed by atoms with Crippen LogP contribution in [0.4, 0.5) is 0 Å². The fourth-order valence-electron chi connectivity index (χ4n) is 0.809. The summed E-state index contributed by atoms with van der Waals surface area (Å²) in [6.45, 7) is 2.06. The van der Waals surface area contributed by atoms with Gasteiger partial charge in [-0.2, -0.15) is 0 Å². The van der Waals surface area contributed by atoms with Crippen LogP contribution < -0.4 is 0 Å². The standard InChI is InChI=1S/C8H8BrCl.CH3ClO2S/c1-6-4-8(9)3-2-7(6)5-10;1-5(2,3)4/h2-4H,5H2,1H3;1H3. The second-order valence-electron chi connectivity index (χ2n) is 2.89. The summed E-state index contributed by atoms with van der Waals surface area (Å²) >= 11 is 9.05. The Balaban J connectivity index is 0.000000336. The van der Waals surface area contributed by atoms with Crippen LogP contribution in [-0.2, 0) is 14.9 Å². The zero-order valence-electron chi connectivity index (χ0n) is 8.30. The highest BCUT2D eigenvalue weighted by Crippen LogP contribution is 2.16. The molecule has 0 aliphatic carbocycles.